The van der Waals surface area contributed by atoms with E-state index >= 15 is 0 Å². The van der Waals surface area contributed by atoms with Crippen LogP contribution in [0.1, 0.15) is 71.0 Å². The van der Waals surface area contributed by atoms with Crippen LogP contribution < -0.4 is 4.90 Å². The fraction of sp³-hybridized carbons (Fsp3) is 0.400. The van der Waals surface area contributed by atoms with Gasteiger partial charge in [0.2, 0.25) is 0 Å². The summed E-state index contributed by atoms with van der Waals surface area (Å²) in [6.45, 7) is 2.66. The fourth-order valence-corrected chi connectivity index (χ4v) is 7.24. The number of thiophene rings is 1. The second kappa shape index (κ2) is 8.99. The quantitative estimate of drug-likeness (QED) is 0.282. The summed E-state index contributed by atoms with van der Waals surface area (Å²) >= 11 is 1.34. The zero-order valence-corrected chi connectivity index (χ0v) is 21.7. The Hall–Kier alpha value is -3.16. The molecule has 3 fully saturated rings. The van der Waals surface area contributed by atoms with Crippen molar-refractivity contribution >= 4 is 33.1 Å². The molecule has 2 aromatic carbocycles. The lowest BCUT2D eigenvalue weighted by Gasteiger charge is -2.40. The van der Waals surface area contributed by atoms with Gasteiger partial charge in [0, 0.05) is 39.5 Å². The number of benzene rings is 2. The number of carboxylic acid groups (broad SMARTS) is 1. The van der Waals surface area contributed by atoms with Gasteiger partial charge in [-0.3, -0.25) is 0 Å². The molecule has 3 atom stereocenters. The van der Waals surface area contributed by atoms with Crippen LogP contribution in [0.5, 0.6) is 0 Å². The Labute approximate surface area is 219 Å². The first-order chi connectivity index (χ1) is 18.0. The molecule has 7 rings (SSSR count). The predicted molar refractivity (Wildman–Crippen MR) is 145 cm³/mol. The molecule has 1 saturated carbocycles. The minimum absolute atomic E-state index is 0.212. The Bertz CT molecular complexity index is 1470. The molecule has 1 aliphatic carbocycles. The normalized spacial score (nSPS) is 23.2. The molecule has 0 radical (unpaired) electrons. The molecular formula is C30H30N2O4S. The zero-order valence-electron chi connectivity index (χ0n) is 20.9. The lowest BCUT2D eigenvalue weighted by Crippen LogP contribution is -2.45. The second-order valence-electron chi connectivity index (χ2n) is 10.8. The van der Waals surface area contributed by atoms with Crippen molar-refractivity contribution in [1.82, 2.24) is 5.16 Å². The van der Waals surface area contributed by atoms with Crippen LogP contribution in [0.25, 0.3) is 21.3 Å². The van der Waals surface area contributed by atoms with Crippen molar-refractivity contribution in [3.8, 4) is 11.3 Å². The third kappa shape index (κ3) is 4.14. The number of aryl methyl sites for hydroxylation is 1. The van der Waals surface area contributed by atoms with Crippen LogP contribution in [0.15, 0.2) is 53.1 Å². The summed E-state index contributed by atoms with van der Waals surface area (Å²) in [5.74, 6) is 0.642. The molecule has 37 heavy (non-hydrogen) atoms. The van der Waals surface area contributed by atoms with Gasteiger partial charge in [0.15, 0.2) is 0 Å². The minimum Gasteiger partial charge on any atom is -0.477 e. The molecule has 4 heterocycles. The van der Waals surface area contributed by atoms with Gasteiger partial charge in [-0.1, -0.05) is 29.4 Å². The van der Waals surface area contributed by atoms with E-state index in [1.165, 1.54) is 48.3 Å². The Kier molecular flexibility index (Phi) is 5.59. The number of carboxylic acids is 1. The van der Waals surface area contributed by atoms with E-state index in [0.717, 1.165) is 45.5 Å². The van der Waals surface area contributed by atoms with Gasteiger partial charge >= 0.3 is 5.97 Å². The highest BCUT2D eigenvalue weighted by atomic mass is 32.1. The summed E-state index contributed by atoms with van der Waals surface area (Å²) in [4.78, 5) is 14.4. The summed E-state index contributed by atoms with van der Waals surface area (Å²) in [5.41, 5.74) is 5.59. The van der Waals surface area contributed by atoms with Gasteiger partial charge in [0.25, 0.3) is 0 Å². The lowest BCUT2D eigenvalue weighted by atomic mass is 9.98. The van der Waals surface area contributed by atoms with Crippen LogP contribution in [-0.4, -0.2) is 34.4 Å². The van der Waals surface area contributed by atoms with E-state index in [2.05, 4.69) is 59.4 Å². The van der Waals surface area contributed by atoms with E-state index in [4.69, 9.17) is 9.26 Å². The number of nitrogens with zero attached hydrogens (tertiary/aromatic N) is 2. The van der Waals surface area contributed by atoms with Crippen LogP contribution in [0, 0.1) is 6.92 Å². The van der Waals surface area contributed by atoms with Crippen molar-refractivity contribution in [2.75, 3.05) is 4.90 Å². The molecule has 190 valence electrons. The van der Waals surface area contributed by atoms with E-state index in [1.54, 1.807) is 6.07 Å². The van der Waals surface area contributed by atoms with E-state index in [0.29, 0.717) is 29.5 Å². The van der Waals surface area contributed by atoms with E-state index in [9.17, 15) is 9.90 Å². The van der Waals surface area contributed by atoms with Gasteiger partial charge in [-0.2, -0.15) is 0 Å². The highest BCUT2D eigenvalue weighted by molar-refractivity contribution is 7.20. The van der Waals surface area contributed by atoms with Crippen molar-refractivity contribution < 1.29 is 19.2 Å². The summed E-state index contributed by atoms with van der Waals surface area (Å²) in [7, 11) is 0. The highest BCUT2D eigenvalue weighted by Crippen LogP contribution is 2.46. The molecule has 2 bridgehead atoms. The number of aromatic carboxylic acids is 1. The predicted octanol–water partition coefficient (Wildman–Crippen LogP) is 7.16. The third-order valence-corrected chi connectivity index (χ3v) is 9.43. The number of aromatic nitrogens is 1. The zero-order chi connectivity index (χ0) is 25.1. The molecule has 2 aliphatic heterocycles. The minimum atomic E-state index is -0.857. The standard InChI is InChI=1S/C30H30N2O4S/c1-17-4-2-3-5-24(17)28-25(29(36-31-28)18-6-7-18)16-35-23-14-21-8-9-22(15-23)32(21)20-10-11-26-19(12-20)13-27(37-26)30(33)34/h2-5,10-13,18,21-23H,6-9,14-16H2,1H3,(H,33,34)/t21-,22?,23?/m0/s1. The van der Waals surface area contributed by atoms with Gasteiger partial charge in [-0.05, 0) is 80.7 Å². The van der Waals surface area contributed by atoms with Crippen LogP contribution in [-0.2, 0) is 11.3 Å². The molecule has 6 nitrogen and oxygen atoms in total. The number of anilines is 1. The third-order valence-electron chi connectivity index (χ3n) is 8.33. The first kappa shape index (κ1) is 23.0. The Balaban J connectivity index is 1.09. The maximum absolute atomic E-state index is 11.4. The molecule has 2 aromatic heterocycles. The number of hydrogen-bond donors (Lipinski definition) is 1. The Morgan fingerprint density at radius 2 is 1.89 bits per heavy atom. The molecule has 4 aromatic rings. The maximum Gasteiger partial charge on any atom is 0.345 e. The molecule has 7 heteroatoms. The van der Waals surface area contributed by atoms with Crippen LogP contribution >= 0.6 is 11.3 Å². The first-order valence-electron chi connectivity index (χ1n) is 13.3. The van der Waals surface area contributed by atoms with Gasteiger partial charge < -0.3 is 19.3 Å². The average molecular weight is 515 g/mol. The van der Waals surface area contributed by atoms with Gasteiger partial charge in [-0.15, -0.1) is 11.3 Å². The van der Waals surface area contributed by atoms with Gasteiger partial charge in [0.1, 0.15) is 16.3 Å². The lowest BCUT2D eigenvalue weighted by molar-refractivity contribution is 0.0147. The Morgan fingerprint density at radius 3 is 2.62 bits per heavy atom. The topological polar surface area (TPSA) is 75.8 Å². The first-order valence-corrected chi connectivity index (χ1v) is 14.1. The van der Waals surface area contributed by atoms with Gasteiger partial charge in [0.05, 0.1) is 12.7 Å². The van der Waals surface area contributed by atoms with Crippen molar-refractivity contribution in [2.45, 2.75) is 76.2 Å². The molecule has 0 amide bonds. The Morgan fingerprint density at radius 1 is 1.11 bits per heavy atom. The van der Waals surface area contributed by atoms with E-state index in [-0.39, 0.29) is 6.10 Å². The van der Waals surface area contributed by atoms with Gasteiger partial charge in [-0.25, -0.2) is 4.79 Å². The smallest absolute Gasteiger partial charge is 0.345 e. The molecule has 0 spiro atoms. The molecular weight excluding hydrogens is 484 g/mol. The summed E-state index contributed by atoms with van der Waals surface area (Å²) in [6.07, 6.45) is 6.89. The van der Waals surface area contributed by atoms with Crippen LogP contribution in [0.4, 0.5) is 5.69 Å². The maximum atomic E-state index is 11.4. The summed E-state index contributed by atoms with van der Waals surface area (Å²) < 4.78 is 13.5. The number of fused-ring (bicyclic) bond motifs is 3. The van der Waals surface area contributed by atoms with E-state index < -0.39 is 5.97 Å². The largest absolute Gasteiger partial charge is 0.477 e. The fourth-order valence-electron chi connectivity index (χ4n) is 6.36. The van der Waals surface area contributed by atoms with Crippen LogP contribution in [0.2, 0.25) is 0 Å². The molecule has 3 aliphatic rings. The SMILES string of the molecule is Cc1ccccc1-c1noc(C2CC2)c1COC1CC2CC[C@@H](C1)N2c1ccc2sc(C(=O)O)cc2c1. The number of hydrogen-bond acceptors (Lipinski definition) is 6. The van der Waals surface area contributed by atoms with Crippen molar-refractivity contribution in [1.29, 1.82) is 0 Å². The molecule has 2 saturated heterocycles. The number of rotatable bonds is 7. The number of ether oxygens (including phenoxy) is 1. The average Bonchev–Trinajstić information content (AvgIpc) is 3.40. The van der Waals surface area contributed by atoms with Crippen LogP contribution in [0.3, 0.4) is 0 Å². The monoisotopic (exact) mass is 514 g/mol. The van der Waals surface area contributed by atoms with Crippen molar-refractivity contribution in [3.63, 3.8) is 0 Å². The molecule has 2 unspecified atom stereocenters. The van der Waals surface area contributed by atoms with E-state index in [1.807, 2.05) is 0 Å². The second-order valence-corrected chi connectivity index (χ2v) is 11.9. The summed E-state index contributed by atoms with van der Waals surface area (Å²) in [5, 5.41) is 14.9. The van der Waals surface area contributed by atoms with Crippen molar-refractivity contribution in [2.24, 2.45) is 0 Å². The highest BCUT2D eigenvalue weighted by Gasteiger charge is 2.42. The number of piperidine rings is 1. The molecule has 1 N–H and O–H groups in total. The summed E-state index contributed by atoms with van der Waals surface area (Å²) in [6, 6.07) is 17.4. The number of carbonyl (C=O) groups is 1. The van der Waals surface area contributed by atoms with Crippen molar-refractivity contribution in [3.05, 3.63) is 70.3 Å².